The van der Waals surface area contributed by atoms with Crippen LogP contribution in [-0.2, 0) is 0 Å². The van der Waals surface area contributed by atoms with E-state index in [9.17, 15) is 9.59 Å². The second kappa shape index (κ2) is 8.87. The number of hydrazine groups is 1. The predicted octanol–water partition coefficient (Wildman–Crippen LogP) is 3.73. The highest BCUT2D eigenvalue weighted by atomic mass is 16.2. The lowest BCUT2D eigenvalue weighted by Crippen LogP contribution is -2.48. The fourth-order valence-corrected chi connectivity index (χ4v) is 2.52. The maximum Gasteiger partial charge on any atom is 0.333 e. The molecule has 2 aromatic carbocycles. The van der Waals surface area contributed by atoms with Gasteiger partial charge in [-0.3, -0.25) is 10.2 Å². The van der Waals surface area contributed by atoms with Crippen LogP contribution in [0, 0.1) is 12.8 Å². The van der Waals surface area contributed by atoms with Crippen molar-refractivity contribution in [3.63, 3.8) is 0 Å². The molecule has 0 aromatic heterocycles. The molecule has 0 saturated carbocycles. The van der Waals surface area contributed by atoms with Gasteiger partial charge in [0.15, 0.2) is 0 Å². The Labute approximate surface area is 148 Å². The maximum absolute atomic E-state index is 12.2. The number of nitrogens with one attached hydrogen (secondary N) is 3. The highest BCUT2D eigenvalue weighted by Crippen LogP contribution is 2.20. The Kier molecular flexibility index (Phi) is 6.57. The van der Waals surface area contributed by atoms with Gasteiger partial charge in [-0.05, 0) is 37.0 Å². The Balaban J connectivity index is 1.92. The minimum Gasteiger partial charge on any atom is -0.330 e. The van der Waals surface area contributed by atoms with E-state index in [-0.39, 0.29) is 11.9 Å². The van der Waals surface area contributed by atoms with Gasteiger partial charge in [-0.2, -0.15) is 0 Å². The molecule has 0 saturated heterocycles. The van der Waals surface area contributed by atoms with Crippen LogP contribution in [0.25, 0.3) is 0 Å². The van der Waals surface area contributed by atoms with Gasteiger partial charge in [0.05, 0.1) is 6.04 Å². The van der Waals surface area contributed by atoms with E-state index in [4.69, 9.17) is 0 Å². The van der Waals surface area contributed by atoms with Crippen molar-refractivity contribution in [1.82, 2.24) is 16.2 Å². The Hall–Kier alpha value is -2.82. The number of aryl methyl sites for hydroxylation is 1. The third-order valence-electron chi connectivity index (χ3n) is 3.82. The Bertz CT molecular complexity index is 697. The van der Waals surface area contributed by atoms with Crippen LogP contribution in [0.3, 0.4) is 0 Å². The first-order valence-corrected chi connectivity index (χ1v) is 8.44. The average Bonchev–Trinajstić information content (AvgIpc) is 2.60. The van der Waals surface area contributed by atoms with Crippen LogP contribution < -0.4 is 16.2 Å². The third kappa shape index (κ3) is 5.95. The van der Waals surface area contributed by atoms with Crippen molar-refractivity contribution >= 4 is 11.9 Å². The van der Waals surface area contributed by atoms with E-state index in [2.05, 4.69) is 30.0 Å². The molecular formula is C20H25N3O2. The Morgan fingerprint density at radius 1 is 0.920 bits per heavy atom. The van der Waals surface area contributed by atoms with Crippen LogP contribution in [0.5, 0.6) is 0 Å². The highest BCUT2D eigenvalue weighted by Gasteiger charge is 2.16. The summed E-state index contributed by atoms with van der Waals surface area (Å²) in [5.41, 5.74) is 7.45. The van der Waals surface area contributed by atoms with Gasteiger partial charge in [0.2, 0.25) is 0 Å². The standard InChI is InChI=1S/C20H25N3O2/c1-14(2)13-18(16-7-5-4-6-8-16)21-20(25)23-22-19(24)17-11-9-15(3)10-12-17/h4-12,14,18H,13H2,1-3H3,(H,22,24)(H2,21,23,25)/t18-/m0/s1. The fraction of sp³-hybridized carbons (Fsp3) is 0.300. The van der Waals surface area contributed by atoms with Crippen LogP contribution in [-0.4, -0.2) is 11.9 Å². The SMILES string of the molecule is Cc1ccc(C(=O)NNC(=O)N[C@@H](CC(C)C)c2ccccc2)cc1. The van der Waals surface area contributed by atoms with Gasteiger partial charge in [-0.25, -0.2) is 10.2 Å². The van der Waals surface area contributed by atoms with Crippen molar-refractivity contribution in [3.8, 4) is 0 Å². The van der Waals surface area contributed by atoms with Gasteiger partial charge in [0.25, 0.3) is 5.91 Å². The van der Waals surface area contributed by atoms with Gasteiger partial charge in [-0.15, -0.1) is 0 Å². The van der Waals surface area contributed by atoms with E-state index in [0.29, 0.717) is 11.5 Å². The molecule has 0 unspecified atom stereocenters. The number of hydrogen-bond donors (Lipinski definition) is 3. The predicted molar refractivity (Wildman–Crippen MR) is 99.0 cm³/mol. The zero-order valence-corrected chi connectivity index (χ0v) is 14.9. The van der Waals surface area contributed by atoms with Gasteiger partial charge in [-0.1, -0.05) is 61.9 Å². The summed E-state index contributed by atoms with van der Waals surface area (Å²) in [7, 11) is 0. The van der Waals surface area contributed by atoms with Crippen LogP contribution in [0.15, 0.2) is 54.6 Å². The van der Waals surface area contributed by atoms with E-state index in [1.54, 1.807) is 12.1 Å². The molecule has 3 N–H and O–H groups in total. The van der Waals surface area contributed by atoms with Crippen molar-refractivity contribution in [3.05, 3.63) is 71.3 Å². The largest absolute Gasteiger partial charge is 0.333 e. The van der Waals surface area contributed by atoms with E-state index < -0.39 is 6.03 Å². The first kappa shape index (κ1) is 18.5. The maximum atomic E-state index is 12.2. The molecule has 0 aliphatic heterocycles. The molecule has 0 radical (unpaired) electrons. The lowest BCUT2D eigenvalue weighted by molar-refractivity contribution is 0.0935. The number of hydrogen-bond acceptors (Lipinski definition) is 2. The van der Waals surface area contributed by atoms with Crippen LogP contribution in [0.1, 0.15) is 47.8 Å². The van der Waals surface area contributed by atoms with Gasteiger partial charge >= 0.3 is 6.03 Å². The molecule has 0 spiro atoms. The Morgan fingerprint density at radius 2 is 1.56 bits per heavy atom. The molecule has 0 aliphatic carbocycles. The molecule has 5 heteroatoms. The average molecular weight is 339 g/mol. The van der Waals surface area contributed by atoms with E-state index in [0.717, 1.165) is 17.5 Å². The first-order chi connectivity index (χ1) is 12.0. The quantitative estimate of drug-likeness (QED) is 0.727. The fourth-order valence-electron chi connectivity index (χ4n) is 2.52. The normalized spacial score (nSPS) is 11.7. The topological polar surface area (TPSA) is 70.2 Å². The van der Waals surface area contributed by atoms with E-state index in [1.807, 2.05) is 49.4 Å². The molecule has 5 nitrogen and oxygen atoms in total. The number of urea groups is 1. The summed E-state index contributed by atoms with van der Waals surface area (Å²) in [6.45, 7) is 6.16. The second-order valence-corrected chi connectivity index (χ2v) is 6.51. The molecule has 0 bridgehead atoms. The zero-order chi connectivity index (χ0) is 18.2. The third-order valence-corrected chi connectivity index (χ3v) is 3.82. The summed E-state index contributed by atoms with van der Waals surface area (Å²) in [5.74, 6) is 0.0722. The van der Waals surface area contributed by atoms with Crippen molar-refractivity contribution in [2.24, 2.45) is 5.92 Å². The molecule has 1 atom stereocenters. The molecule has 0 aliphatic rings. The number of benzene rings is 2. The minimum absolute atomic E-state index is 0.113. The summed E-state index contributed by atoms with van der Waals surface area (Å²) in [4.78, 5) is 24.2. The smallest absolute Gasteiger partial charge is 0.330 e. The molecule has 2 aromatic rings. The molecule has 0 heterocycles. The van der Waals surface area contributed by atoms with Crippen molar-refractivity contribution in [1.29, 1.82) is 0 Å². The summed E-state index contributed by atoms with van der Waals surface area (Å²) >= 11 is 0. The van der Waals surface area contributed by atoms with Crippen molar-refractivity contribution in [2.75, 3.05) is 0 Å². The second-order valence-electron chi connectivity index (χ2n) is 6.51. The molecular weight excluding hydrogens is 314 g/mol. The molecule has 0 fully saturated rings. The molecule has 2 rings (SSSR count). The number of rotatable bonds is 5. The lowest BCUT2D eigenvalue weighted by Gasteiger charge is -2.21. The number of amides is 3. The molecule has 132 valence electrons. The summed E-state index contributed by atoms with van der Waals surface area (Å²) in [6.07, 6.45) is 0.809. The van der Waals surface area contributed by atoms with Gasteiger partial charge in [0, 0.05) is 5.56 Å². The summed E-state index contributed by atoms with van der Waals surface area (Å²) in [5, 5.41) is 2.92. The molecule has 3 amide bonds. The van der Waals surface area contributed by atoms with Crippen molar-refractivity contribution < 1.29 is 9.59 Å². The summed E-state index contributed by atoms with van der Waals surface area (Å²) in [6, 6.07) is 16.4. The number of carbonyl (C=O) groups excluding carboxylic acids is 2. The van der Waals surface area contributed by atoms with Crippen LogP contribution in [0.2, 0.25) is 0 Å². The van der Waals surface area contributed by atoms with Crippen LogP contribution >= 0.6 is 0 Å². The number of carbonyl (C=O) groups is 2. The van der Waals surface area contributed by atoms with E-state index >= 15 is 0 Å². The Morgan fingerprint density at radius 3 is 2.16 bits per heavy atom. The van der Waals surface area contributed by atoms with Gasteiger partial charge < -0.3 is 5.32 Å². The lowest BCUT2D eigenvalue weighted by atomic mass is 9.97. The van der Waals surface area contributed by atoms with Gasteiger partial charge in [0.1, 0.15) is 0 Å². The van der Waals surface area contributed by atoms with E-state index in [1.165, 1.54) is 0 Å². The summed E-state index contributed by atoms with van der Waals surface area (Å²) < 4.78 is 0. The zero-order valence-electron chi connectivity index (χ0n) is 14.9. The first-order valence-electron chi connectivity index (χ1n) is 8.44. The van der Waals surface area contributed by atoms with Crippen LogP contribution in [0.4, 0.5) is 4.79 Å². The highest BCUT2D eigenvalue weighted by molar-refractivity contribution is 5.95. The molecule has 25 heavy (non-hydrogen) atoms. The monoisotopic (exact) mass is 339 g/mol. The van der Waals surface area contributed by atoms with Crippen molar-refractivity contribution in [2.45, 2.75) is 33.2 Å². The minimum atomic E-state index is -0.435.